The van der Waals surface area contributed by atoms with E-state index < -0.39 is 0 Å². The predicted molar refractivity (Wildman–Crippen MR) is 62.3 cm³/mol. The van der Waals surface area contributed by atoms with E-state index in [0.717, 1.165) is 3.57 Å². The molecule has 1 N–H and O–H groups in total. The van der Waals surface area contributed by atoms with E-state index in [1.165, 1.54) is 0 Å². The average Bonchev–Trinajstić information content (AvgIpc) is 2.45. The molecule has 1 heterocycles. The van der Waals surface area contributed by atoms with Crippen LogP contribution in [0.4, 0.5) is 0 Å². The number of hydrogen-bond acceptors (Lipinski definition) is 2. The number of rotatable bonds is 4. The van der Waals surface area contributed by atoms with Crippen LogP contribution in [-0.4, -0.2) is 30.7 Å². The van der Waals surface area contributed by atoms with Crippen molar-refractivity contribution in [3.05, 3.63) is 21.5 Å². The van der Waals surface area contributed by atoms with Gasteiger partial charge in [-0.1, -0.05) is 0 Å². The second kappa shape index (κ2) is 5.35. The van der Waals surface area contributed by atoms with Crippen LogP contribution in [0.2, 0.25) is 0 Å². The lowest BCUT2D eigenvalue weighted by atomic mass is 10.4. The van der Waals surface area contributed by atoms with Crippen molar-refractivity contribution in [3.63, 3.8) is 0 Å². The summed E-state index contributed by atoms with van der Waals surface area (Å²) >= 11 is 2.18. The second-order valence-electron chi connectivity index (χ2n) is 2.90. The molecular weight excluding hydrogens is 295 g/mol. The lowest BCUT2D eigenvalue weighted by Crippen LogP contribution is -2.28. The normalized spacial score (nSPS) is 10.2. The van der Waals surface area contributed by atoms with Crippen LogP contribution in [0.3, 0.4) is 0 Å². The Morgan fingerprint density at radius 3 is 2.93 bits per heavy atom. The summed E-state index contributed by atoms with van der Waals surface area (Å²) in [7, 11) is 3.46. The lowest BCUT2D eigenvalue weighted by Gasteiger charge is -2.04. The number of methoxy groups -OCH3 is 1. The fraction of sp³-hybridized carbons (Fsp3) is 0.444. The van der Waals surface area contributed by atoms with Gasteiger partial charge in [0.05, 0.1) is 6.61 Å². The number of nitrogens with zero attached hydrogens (tertiary/aromatic N) is 1. The lowest BCUT2D eigenvalue weighted by molar-refractivity contribution is 0.0929. The van der Waals surface area contributed by atoms with E-state index in [1.54, 1.807) is 7.11 Å². The third-order valence-corrected chi connectivity index (χ3v) is 2.39. The van der Waals surface area contributed by atoms with Crippen LogP contribution in [0.15, 0.2) is 12.3 Å². The number of nitrogens with one attached hydrogen (secondary N) is 1. The van der Waals surface area contributed by atoms with Gasteiger partial charge in [0.25, 0.3) is 5.91 Å². The minimum atomic E-state index is -0.0625. The van der Waals surface area contributed by atoms with E-state index >= 15 is 0 Å². The summed E-state index contributed by atoms with van der Waals surface area (Å²) < 4.78 is 7.71. The van der Waals surface area contributed by atoms with Crippen molar-refractivity contribution < 1.29 is 9.53 Å². The van der Waals surface area contributed by atoms with Crippen LogP contribution in [0.5, 0.6) is 0 Å². The first-order valence-corrected chi connectivity index (χ1v) is 5.32. The highest BCUT2D eigenvalue weighted by atomic mass is 127. The van der Waals surface area contributed by atoms with Crippen molar-refractivity contribution in [2.75, 3.05) is 20.3 Å². The highest BCUT2D eigenvalue weighted by molar-refractivity contribution is 14.1. The van der Waals surface area contributed by atoms with Crippen LogP contribution in [0.1, 0.15) is 10.5 Å². The number of aromatic nitrogens is 1. The smallest absolute Gasteiger partial charge is 0.268 e. The molecule has 14 heavy (non-hydrogen) atoms. The highest BCUT2D eigenvalue weighted by Crippen LogP contribution is 2.09. The van der Waals surface area contributed by atoms with Gasteiger partial charge in [0.1, 0.15) is 5.69 Å². The topological polar surface area (TPSA) is 43.3 Å². The molecule has 0 saturated heterocycles. The van der Waals surface area contributed by atoms with E-state index in [0.29, 0.717) is 18.8 Å². The first-order chi connectivity index (χ1) is 6.65. The van der Waals surface area contributed by atoms with E-state index in [1.807, 2.05) is 23.9 Å². The van der Waals surface area contributed by atoms with Crippen molar-refractivity contribution in [3.8, 4) is 0 Å². The van der Waals surface area contributed by atoms with Crippen LogP contribution in [0.25, 0.3) is 0 Å². The number of aryl methyl sites for hydroxylation is 1. The highest BCUT2D eigenvalue weighted by Gasteiger charge is 2.09. The number of amides is 1. The Morgan fingerprint density at radius 1 is 1.71 bits per heavy atom. The van der Waals surface area contributed by atoms with Gasteiger partial charge in [-0.25, -0.2) is 0 Å². The van der Waals surface area contributed by atoms with Gasteiger partial charge in [-0.3, -0.25) is 4.79 Å². The van der Waals surface area contributed by atoms with Gasteiger partial charge in [0.2, 0.25) is 0 Å². The minimum Gasteiger partial charge on any atom is -0.383 e. The largest absolute Gasteiger partial charge is 0.383 e. The zero-order valence-electron chi connectivity index (χ0n) is 8.21. The van der Waals surface area contributed by atoms with Gasteiger partial charge in [-0.2, -0.15) is 0 Å². The summed E-state index contributed by atoms with van der Waals surface area (Å²) in [6.07, 6.45) is 1.91. The fourth-order valence-corrected chi connectivity index (χ4v) is 1.82. The molecule has 0 aromatic carbocycles. The monoisotopic (exact) mass is 308 g/mol. The molecule has 0 spiro atoms. The SMILES string of the molecule is COCCNC(=O)c1cc(I)cn1C. The molecule has 4 nitrogen and oxygen atoms in total. The molecule has 5 heteroatoms. The third kappa shape index (κ3) is 2.98. The summed E-state index contributed by atoms with van der Waals surface area (Å²) in [6.45, 7) is 1.07. The molecule has 0 atom stereocenters. The summed E-state index contributed by atoms with van der Waals surface area (Å²) in [4.78, 5) is 11.6. The Bertz CT molecular complexity index is 323. The Labute approximate surface area is 96.8 Å². The number of halogens is 1. The Balaban J connectivity index is 2.56. The number of ether oxygens (including phenoxy) is 1. The number of carbonyl (C=O) groups is 1. The Hall–Kier alpha value is -0.560. The fourth-order valence-electron chi connectivity index (χ4n) is 1.11. The molecule has 0 aliphatic heterocycles. The van der Waals surface area contributed by atoms with Gasteiger partial charge in [-0.15, -0.1) is 0 Å². The molecule has 0 aliphatic carbocycles. The first kappa shape index (κ1) is 11.5. The molecule has 78 valence electrons. The van der Waals surface area contributed by atoms with E-state index in [-0.39, 0.29) is 5.91 Å². The molecule has 0 aliphatic rings. The maximum atomic E-state index is 11.6. The molecule has 1 aromatic heterocycles. The van der Waals surface area contributed by atoms with Gasteiger partial charge < -0.3 is 14.6 Å². The van der Waals surface area contributed by atoms with E-state index in [4.69, 9.17) is 4.74 Å². The summed E-state index contributed by atoms with van der Waals surface area (Å²) in [5.74, 6) is -0.0625. The molecule has 0 unspecified atom stereocenters. The minimum absolute atomic E-state index is 0.0625. The van der Waals surface area contributed by atoms with Gasteiger partial charge in [0.15, 0.2) is 0 Å². The van der Waals surface area contributed by atoms with Crippen molar-refractivity contribution in [2.24, 2.45) is 7.05 Å². The summed E-state index contributed by atoms with van der Waals surface area (Å²) in [5.41, 5.74) is 0.672. The van der Waals surface area contributed by atoms with E-state index in [9.17, 15) is 4.79 Å². The molecule has 1 amide bonds. The Morgan fingerprint density at radius 2 is 2.43 bits per heavy atom. The second-order valence-corrected chi connectivity index (χ2v) is 4.15. The predicted octanol–water partition coefficient (Wildman–Crippen LogP) is 1.01. The van der Waals surface area contributed by atoms with Crippen molar-refractivity contribution in [2.45, 2.75) is 0 Å². The zero-order chi connectivity index (χ0) is 10.6. The summed E-state index contributed by atoms with van der Waals surface area (Å²) in [6, 6.07) is 1.85. The average molecular weight is 308 g/mol. The third-order valence-electron chi connectivity index (χ3n) is 1.80. The van der Waals surface area contributed by atoms with Gasteiger partial charge in [-0.05, 0) is 28.7 Å². The zero-order valence-corrected chi connectivity index (χ0v) is 10.4. The standard InChI is InChI=1S/C9H13IN2O2/c1-12-6-7(10)5-8(12)9(13)11-3-4-14-2/h5-6H,3-4H2,1-2H3,(H,11,13). The maximum Gasteiger partial charge on any atom is 0.268 e. The van der Waals surface area contributed by atoms with Crippen molar-refractivity contribution >= 4 is 28.5 Å². The molecule has 0 radical (unpaired) electrons. The van der Waals surface area contributed by atoms with Crippen LogP contribution < -0.4 is 5.32 Å². The number of carbonyl (C=O) groups excluding carboxylic acids is 1. The molecule has 1 aromatic rings. The summed E-state index contributed by atoms with van der Waals surface area (Å²) in [5, 5.41) is 2.77. The van der Waals surface area contributed by atoms with Gasteiger partial charge in [0, 0.05) is 30.5 Å². The van der Waals surface area contributed by atoms with E-state index in [2.05, 4.69) is 27.9 Å². The van der Waals surface area contributed by atoms with Crippen molar-refractivity contribution in [1.29, 1.82) is 0 Å². The van der Waals surface area contributed by atoms with Crippen molar-refractivity contribution in [1.82, 2.24) is 9.88 Å². The van der Waals surface area contributed by atoms with Crippen LogP contribution >= 0.6 is 22.6 Å². The Kier molecular flexibility index (Phi) is 4.40. The quantitative estimate of drug-likeness (QED) is 0.666. The molecule has 0 bridgehead atoms. The number of hydrogen-bond donors (Lipinski definition) is 1. The molecular formula is C9H13IN2O2. The van der Waals surface area contributed by atoms with Gasteiger partial charge >= 0.3 is 0 Å². The maximum absolute atomic E-state index is 11.6. The molecule has 0 fully saturated rings. The first-order valence-electron chi connectivity index (χ1n) is 4.24. The molecule has 0 saturated carbocycles. The van der Waals surface area contributed by atoms with Crippen LogP contribution in [0, 0.1) is 3.57 Å². The van der Waals surface area contributed by atoms with Crippen LogP contribution in [-0.2, 0) is 11.8 Å². The molecule has 1 rings (SSSR count).